The van der Waals surface area contributed by atoms with Gasteiger partial charge in [-0.25, -0.2) is 4.98 Å². The summed E-state index contributed by atoms with van der Waals surface area (Å²) in [7, 11) is 0. The SMILES string of the molecule is CC(C)NCc1cc(C(C)C)nc(N2CCSC(C)C2)c1. The highest BCUT2D eigenvalue weighted by molar-refractivity contribution is 8.00. The van der Waals surface area contributed by atoms with E-state index in [9.17, 15) is 0 Å². The summed E-state index contributed by atoms with van der Waals surface area (Å²) >= 11 is 2.06. The third kappa shape index (κ3) is 4.89. The molecule has 2 rings (SSSR count). The zero-order chi connectivity index (χ0) is 15.4. The van der Waals surface area contributed by atoms with Gasteiger partial charge in [0.25, 0.3) is 0 Å². The first-order chi connectivity index (χ1) is 9.95. The van der Waals surface area contributed by atoms with E-state index in [1.807, 2.05) is 0 Å². The van der Waals surface area contributed by atoms with Crippen LogP contribution in [-0.4, -0.2) is 35.1 Å². The summed E-state index contributed by atoms with van der Waals surface area (Å²) in [5, 5.41) is 4.21. The van der Waals surface area contributed by atoms with Crippen molar-refractivity contribution in [3.63, 3.8) is 0 Å². The number of pyridine rings is 1. The van der Waals surface area contributed by atoms with E-state index < -0.39 is 0 Å². The van der Waals surface area contributed by atoms with Crippen molar-refractivity contribution in [2.75, 3.05) is 23.7 Å². The van der Waals surface area contributed by atoms with Crippen LogP contribution in [-0.2, 0) is 6.54 Å². The lowest BCUT2D eigenvalue weighted by Gasteiger charge is -2.32. The van der Waals surface area contributed by atoms with Crippen molar-refractivity contribution in [1.29, 1.82) is 0 Å². The molecule has 1 aromatic heterocycles. The van der Waals surface area contributed by atoms with Crippen LogP contribution < -0.4 is 10.2 Å². The molecule has 0 spiro atoms. The van der Waals surface area contributed by atoms with Gasteiger partial charge in [-0.1, -0.05) is 34.6 Å². The van der Waals surface area contributed by atoms with Crippen LogP contribution in [0.1, 0.15) is 51.8 Å². The van der Waals surface area contributed by atoms with Gasteiger partial charge in [-0.05, 0) is 23.6 Å². The van der Waals surface area contributed by atoms with Crippen molar-refractivity contribution in [2.24, 2.45) is 0 Å². The molecule has 1 fully saturated rings. The van der Waals surface area contributed by atoms with Crippen molar-refractivity contribution >= 4 is 17.6 Å². The summed E-state index contributed by atoms with van der Waals surface area (Å²) in [6.45, 7) is 14.3. The van der Waals surface area contributed by atoms with E-state index in [0.29, 0.717) is 17.2 Å². The minimum atomic E-state index is 0.472. The number of hydrogen-bond acceptors (Lipinski definition) is 4. The molecule has 4 heteroatoms. The van der Waals surface area contributed by atoms with E-state index in [4.69, 9.17) is 4.98 Å². The monoisotopic (exact) mass is 307 g/mol. The maximum atomic E-state index is 4.91. The Bertz CT molecular complexity index is 459. The zero-order valence-corrected chi connectivity index (χ0v) is 14.8. The molecule has 0 bridgehead atoms. The average molecular weight is 308 g/mol. The van der Waals surface area contributed by atoms with Gasteiger partial charge in [-0.3, -0.25) is 0 Å². The molecule has 3 nitrogen and oxygen atoms in total. The number of rotatable bonds is 5. The Morgan fingerprint density at radius 1 is 1.33 bits per heavy atom. The average Bonchev–Trinajstić information content (AvgIpc) is 2.44. The van der Waals surface area contributed by atoms with E-state index >= 15 is 0 Å². The lowest BCUT2D eigenvalue weighted by atomic mass is 10.1. The van der Waals surface area contributed by atoms with Crippen LogP contribution in [0.3, 0.4) is 0 Å². The Morgan fingerprint density at radius 2 is 2.10 bits per heavy atom. The van der Waals surface area contributed by atoms with Gasteiger partial charge < -0.3 is 10.2 Å². The molecule has 118 valence electrons. The summed E-state index contributed by atoms with van der Waals surface area (Å²) < 4.78 is 0. The van der Waals surface area contributed by atoms with Crippen LogP contribution >= 0.6 is 11.8 Å². The molecule has 0 saturated carbocycles. The van der Waals surface area contributed by atoms with Gasteiger partial charge in [0.05, 0.1) is 0 Å². The van der Waals surface area contributed by atoms with Crippen LogP contribution in [0.25, 0.3) is 0 Å². The van der Waals surface area contributed by atoms with Crippen LogP contribution in [0, 0.1) is 0 Å². The minimum absolute atomic E-state index is 0.472. The van der Waals surface area contributed by atoms with Gasteiger partial charge in [-0.2, -0.15) is 11.8 Å². The fourth-order valence-electron chi connectivity index (χ4n) is 2.50. The molecule has 1 aliphatic heterocycles. The van der Waals surface area contributed by atoms with Crippen molar-refractivity contribution in [3.05, 3.63) is 23.4 Å². The van der Waals surface area contributed by atoms with Gasteiger partial charge in [0, 0.05) is 42.4 Å². The first kappa shape index (κ1) is 16.6. The number of aromatic nitrogens is 1. The molecule has 1 aliphatic rings. The molecule has 1 saturated heterocycles. The molecule has 0 aromatic carbocycles. The zero-order valence-electron chi connectivity index (χ0n) is 14.0. The number of anilines is 1. The van der Waals surface area contributed by atoms with E-state index in [1.165, 1.54) is 17.0 Å². The predicted molar refractivity (Wildman–Crippen MR) is 94.4 cm³/mol. The van der Waals surface area contributed by atoms with Crippen LogP contribution in [0.15, 0.2) is 12.1 Å². The van der Waals surface area contributed by atoms with E-state index in [0.717, 1.165) is 25.5 Å². The molecule has 1 atom stereocenters. The van der Waals surface area contributed by atoms with Gasteiger partial charge in [0.1, 0.15) is 5.82 Å². The van der Waals surface area contributed by atoms with Crippen LogP contribution in [0.5, 0.6) is 0 Å². The maximum Gasteiger partial charge on any atom is 0.129 e. The lowest BCUT2D eigenvalue weighted by molar-refractivity contribution is 0.587. The first-order valence-corrected chi connectivity index (χ1v) is 9.11. The molecule has 2 heterocycles. The Balaban J connectivity index is 2.22. The third-order valence-corrected chi connectivity index (χ3v) is 4.90. The standard InChI is InChI=1S/C17H29N3S/c1-12(2)16-8-15(10-18-13(3)4)9-17(19-16)20-6-7-21-14(5)11-20/h8-9,12-14,18H,6-7,10-11H2,1-5H3. The van der Waals surface area contributed by atoms with Gasteiger partial charge in [-0.15, -0.1) is 0 Å². The molecular formula is C17H29N3S. The van der Waals surface area contributed by atoms with Gasteiger partial charge in [0.15, 0.2) is 0 Å². The second kappa shape index (κ2) is 7.50. The minimum Gasteiger partial charge on any atom is -0.355 e. The normalized spacial score (nSPS) is 19.6. The summed E-state index contributed by atoms with van der Waals surface area (Å²) in [6, 6.07) is 5.03. The highest BCUT2D eigenvalue weighted by atomic mass is 32.2. The quantitative estimate of drug-likeness (QED) is 0.899. The molecule has 1 aromatic rings. The summed E-state index contributed by atoms with van der Waals surface area (Å²) in [5.41, 5.74) is 2.56. The molecule has 0 aliphatic carbocycles. The summed E-state index contributed by atoms with van der Waals surface area (Å²) in [5.74, 6) is 2.84. The first-order valence-electron chi connectivity index (χ1n) is 8.06. The fourth-order valence-corrected chi connectivity index (χ4v) is 3.52. The predicted octanol–water partition coefficient (Wildman–Crippen LogP) is 3.64. The Hall–Kier alpha value is -0.740. The third-order valence-electron chi connectivity index (χ3n) is 3.76. The lowest BCUT2D eigenvalue weighted by Crippen LogP contribution is -2.37. The fraction of sp³-hybridized carbons (Fsp3) is 0.706. The van der Waals surface area contributed by atoms with Crippen LogP contribution in [0.4, 0.5) is 5.82 Å². The maximum absolute atomic E-state index is 4.91. The van der Waals surface area contributed by atoms with Crippen molar-refractivity contribution in [1.82, 2.24) is 10.3 Å². The number of hydrogen-bond donors (Lipinski definition) is 1. The second-order valence-corrected chi connectivity index (χ2v) is 8.12. The topological polar surface area (TPSA) is 28.2 Å². The summed E-state index contributed by atoms with van der Waals surface area (Å²) in [4.78, 5) is 7.36. The van der Waals surface area contributed by atoms with Gasteiger partial charge >= 0.3 is 0 Å². The van der Waals surface area contributed by atoms with Gasteiger partial charge in [0.2, 0.25) is 0 Å². The molecular weight excluding hydrogens is 278 g/mol. The number of thioether (sulfide) groups is 1. The Labute approximate surface area is 133 Å². The summed E-state index contributed by atoms with van der Waals surface area (Å²) in [6.07, 6.45) is 0. The molecule has 0 amide bonds. The molecule has 21 heavy (non-hydrogen) atoms. The Morgan fingerprint density at radius 3 is 2.71 bits per heavy atom. The Kier molecular flexibility index (Phi) is 5.94. The smallest absolute Gasteiger partial charge is 0.129 e. The molecule has 1 N–H and O–H groups in total. The van der Waals surface area contributed by atoms with Crippen LogP contribution in [0.2, 0.25) is 0 Å². The second-order valence-electron chi connectivity index (χ2n) is 6.58. The highest BCUT2D eigenvalue weighted by Crippen LogP contribution is 2.25. The van der Waals surface area contributed by atoms with Crippen molar-refractivity contribution in [2.45, 2.75) is 58.4 Å². The number of nitrogens with one attached hydrogen (secondary N) is 1. The molecule has 0 radical (unpaired) electrons. The van der Waals surface area contributed by atoms with E-state index in [1.54, 1.807) is 0 Å². The number of nitrogens with zero attached hydrogens (tertiary/aromatic N) is 2. The molecule has 1 unspecified atom stereocenters. The van der Waals surface area contributed by atoms with E-state index in [-0.39, 0.29) is 0 Å². The highest BCUT2D eigenvalue weighted by Gasteiger charge is 2.19. The van der Waals surface area contributed by atoms with Crippen molar-refractivity contribution < 1.29 is 0 Å². The van der Waals surface area contributed by atoms with E-state index in [2.05, 4.69) is 68.7 Å². The van der Waals surface area contributed by atoms with Crippen molar-refractivity contribution in [3.8, 4) is 0 Å². The largest absolute Gasteiger partial charge is 0.355 e.